The van der Waals surface area contributed by atoms with Gasteiger partial charge in [-0.15, -0.1) is 8.78 Å². The fraction of sp³-hybridized carbons (Fsp3) is 1.00. The van der Waals surface area contributed by atoms with Crippen LogP contribution >= 0.6 is 0 Å². The maximum absolute atomic E-state index is 14.6. The Labute approximate surface area is 168 Å². The summed E-state index contributed by atoms with van der Waals surface area (Å²) < 4.78 is 181. The lowest BCUT2D eigenvalue weighted by Gasteiger charge is -2.46. The van der Waals surface area contributed by atoms with Crippen molar-refractivity contribution in [2.24, 2.45) is 0 Å². The first-order chi connectivity index (χ1) is 13.6. The normalized spacial score (nSPS) is 17.2. The second-order valence-corrected chi connectivity index (χ2v) is 6.57. The lowest BCUT2D eigenvalue weighted by atomic mass is 9.95. The number of rotatable bonds is 12. The molecule has 0 aliphatic carbocycles. The Balaban J connectivity index is 6.51. The van der Waals surface area contributed by atoms with E-state index in [1.807, 2.05) is 0 Å². The standard InChI is InChI=1S/C15H21F13NO2/c1-5-29(4,8-9(30-6-2)31-7-3)15(27,28)13(22,23)11(18,19)10(16,17)12(20,21)14(24,25)26/h9H,5-8H2,1-4H3/q+1. The number of hydrogen-bond donors (Lipinski definition) is 0. The first-order valence-corrected chi connectivity index (χ1v) is 8.59. The highest BCUT2D eigenvalue weighted by Gasteiger charge is 2.93. The average Bonchev–Trinajstić information content (AvgIpc) is 2.60. The molecule has 1 atom stereocenters. The van der Waals surface area contributed by atoms with Gasteiger partial charge in [0.05, 0.1) is 13.6 Å². The molecule has 0 rings (SSSR count). The molecule has 31 heavy (non-hydrogen) atoms. The summed E-state index contributed by atoms with van der Waals surface area (Å²) in [6.07, 6.45) is -9.18. The number of halogens is 13. The molecule has 0 aromatic heterocycles. The molecule has 0 radical (unpaired) electrons. The molecule has 16 heteroatoms. The molecular weight excluding hydrogens is 473 g/mol. The fourth-order valence-corrected chi connectivity index (χ4v) is 2.40. The predicted octanol–water partition coefficient (Wildman–Crippen LogP) is 5.55. The summed E-state index contributed by atoms with van der Waals surface area (Å²) in [6, 6.07) is -6.27. The summed E-state index contributed by atoms with van der Waals surface area (Å²) in [5.41, 5.74) is 0. The maximum Gasteiger partial charge on any atom is 0.461 e. The largest absolute Gasteiger partial charge is 0.461 e. The van der Waals surface area contributed by atoms with Crippen LogP contribution in [0.15, 0.2) is 0 Å². The van der Waals surface area contributed by atoms with Gasteiger partial charge in [-0.05, 0) is 20.8 Å². The number of likely N-dealkylation sites (N-methyl/N-ethyl adjacent to an activating group) is 1. The van der Waals surface area contributed by atoms with Crippen molar-refractivity contribution in [1.82, 2.24) is 0 Å². The molecule has 0 bridgehead atoms. The molecule has 0 heterocycles. The summed E-state index contributed by atoms with van der Waals surface area (Å²) in [6.45, 7) is 0.310. The van der Waals surface area contributed by atoms with Gasteiger partial charge in [-0.3, -0.25) is 4.48 Å². The maximum atomic E-state index is 14.6. The van der Waals surface area contributed by atoms with Gasteiger partial charge in [0, 0.05) is 13.2 Å². The Bertz CT molecular complexity index is 588. The SMILES string of the molecule is CCOC(C[N+](C)(CC)C(F)(F)C(F)(F)C(F)(F)C(F)(F)C(F)(F)C(F)(F)F)OCC. The van der Waals surface area contributed by atoms with Gasteiger partial charge in [-0.25, -0.2) is 0 Å². The van der Waals surface area contributed by atoms with Crippen LogP contribution in [-0.4, -0.2) is 80.0 Å². The molecule has 0 amide bonds. The molecule has 1 unspecified atom stereocenters. The number of quaternary nitrogens is 1. The van der Waals surface area contributed by atoms with E-state index in [4.69, 9.17) is 9.47 Å². The summed E-state index contributed by atoms with van der Waals surface area (Å²) in [7, 11) is 0.176. The van der Waals surface area contributed by atoms with E-state index in [9.17, 15) is 57.1 Å². The minimum Gasteiger partial charge on any atom is -0.348 e. The van der Waals surface area contributed by atoms with Crippen LogP contribution < -0.4 is 0 Å². The van der Waals surface area contributed by atoms with Crippen molar-refractivity contribution >= 4 is 0 Å². The smallest absolute Gasteiger partial charge is 0.348 e. The van der Waals surface area contributed by atoms with Gasteiger partial charge in [-0.2, -0.15) is 48.3 Å². The van der Waals surface area contributed by atoms with Gasteiger partial charge in [0.2, 0.25) is 6.29 Å². The zero-order valence-corrected chi connectivity index (χ0v) is 16.6. The Kier molecular flexibility index (Phi) is 8.77. The van der Waals surface area contributed by atoms with Gasteiger partial charge >= 0.3 is 35.9 Å². The Morgan fingerprint density at radius 2 is 0.968 bits per heavy atom. The van der Waals surface area contributed by atoms with Crippen LogP contribution in [0.25, 0.3) is 0 Å². The molecule has 0 fully saturated rings. The van der Waals surface area contributed by atoms with E-state index in [-0.39, 0.29) is 20.3 Å². The van der Waals surface area contributed by atoms with Gasteiger partial charge < -0.3 is 9.47 Å². The van der Waals surface area contributed by atoms with E-state index in [1.165, 1.54) is 13.8 Å². The van der Waals surface area contributed by atoms with Gasteiger partial charge in [0.1, 0.15) is 6.54 Å². The first-order valence-electron chi connectivity index (χ1n) is 8.59. The molecule has 188 valence electrons. The molecule has 0 saturated heterocycles. The molecule has 0 aliphatic heterocycles. The monoisotopic (exact) mass is 494 g/mol. The van der Waals surface area contributed by atoms with E-state index in [0.29, 0.717) is 0 Å². The quantitative estimate of drug-likeness (QED) is 0.153. The third kappa shape index (κ3) is 4.70. The van der Waals surface area contributed by atoms with E-state index in [2.05, 4.69) is 0 Å². The third-order valence-corrected chi connectivity index (χ3v) is 4.55. The van der Waals surface area contributed by atoms with E-state index < -0.39 is 59.8 Å². The number of hydrogen-bond acceptors (Lipinski definition) is 2. The second kappa shape index (κ2) is 9.08. The molecule has 3 nitrogen and oxygen atoms in total. The Morgan fingerprint density at radius 1 is 0.613 bits per heavy atom. The van der Waals surface area contributed by atoms with E-state index in [1.54, 1.807) is 0 Å². The zero-order chi connectivity index (χ0) is 25.3. The van der Waals surface area contributed by atoms with Crippen LogP contribution in [0, 0.1) is 0 Å². The summed E-state index contributed by atoms with van der Waals surface area (Å²) >= 11 is 0. The van der Waals surface area contributed by atoms with Crippen molar-refractivity contribution in [1.29, 1.82) is 0 Å². The van der Waals surface area contributed by atoms with E-state index in [0.717, 1.165) is 6.92 Å². The highest BCUT2D eigenvalue weighted by Crippen LogP contribution is 2.61. The van der Waals surface area contributed by atoms with Crippen molar-refractivity contribution in [3.05, 3.63) is 0 Å². The molecule has 0 aromatic carbocycles. The Morgan fingerprint density at radius 3 is 1.26 bits per heavy atom. The molecule has 0 spiro atoms. The minimum atomic E-state index is -7.93. The third-order valence-electron chi connectivity index (χ3n) is 4.55. The fourth-order valence-electron chi connectivity index (χ4n) is 2.40. The van der Waals surface area contributed by atoms with Crippen LogP contribution in [0.3, 0.4) is 0 Å². The van der Waals surface area contributed by atoms with Gasteiger partial charge in [0.25, 0.3) is 0 Å². The van der Waals surface area contributed by atoms with Gasteiger partial charge in [0.15, 0.2) is 0 Å². The second-order valence-electron chi connectivity index (χ2n) is 6.57. The lowest BCUT2D eigenvalue weighted by Crippen LogP contribution is -2.76. The lowest BCUT2D eigenvalue weighted by molar-refractivity contribution is -1.01. The number of nitrogens with zero attached hydrogens (tertiary/aromatic N) is 1. The predicted molar refractivity (Wildman–Crippen MR) is 79.4 cm³/mol. The summed E-state index contributed by atoms with van der Waals surface area (Å²) in [4.78, 5) is 0. The molecular formula is C15H21F13NO2+. The topological polar surface area (TPSA) is 18.5 Å². The average molecular weight is 494 g/mol. The van der Waals surface area contributed by atoms with E-state index >= 15 is 0 Å². The number of alkyl halides is 13. The highest BCUT2D eigenvalue weighted by molar-refractivity contribution is 5.08. The molecule has 0 aliphatic rings. The van der Waals surface area contributed by atoms with Crippen LogP contribution in [0.5, 0.6) is 0 Å². The molecule has 0 saturated carbocycles. The number of ether oxygens (including phenoxy) is 2. The summed E-state index contributed by atoms with van der Waals surface area (Å²) in [5, 5.41) is 0. The van der Waals surface area contributed by atoms with Crippen molar-refractivity contribution in [3.63, 3.8) is 0 Å². The van der Waals surface area contributed by atoms with Crippen LogP contribution in [0.4, 0.5) is 57.1 Å². The molecule has 0 N–H and O–H groups in total. The van der Waals surface area contributed by atoms with Crippen molar-refractivity contribution < 1.29 is 71.0 Å². The van der Waals surface area contributed by atoms with Crippen molar-refractivity contribution in [3.8, 4) is 0 Å². The highest BCUT2D eigenvalue weighted by atomic mass is 19.4. The van der Waals surface area contributed by atoms with Gasteiger partial charge in [-0.1, -0.05) is 0 Å². The zero-order valence-electron chi connectivity index (χ0n) is 16.6. The van der Waals surface area contributed by atoms with Crippen LogP contribution in [0.2, 0.25) is 0 Å². The molecule has 0 aromatic rings. The summed E-state index contributed by atoms with van der Waals surface area (Å²) in [5.74, 6) is -30.9. The van der Waals surface area contributed by atoms with Crippen LogP contribution in [0.1, 0.15) is 20.8 Å². The van der Waals surface area contributed by atoms with Crippen molar-refractivity contribution in [2.75, 3.05) is 33.4 Å². The minimum absolute atomic E-state index is 0.176. The van der Waals surface area contributed by atoms with Crippen LogP contribution in [-0.2, 0) is 9.47 Å². The van der Waals surface area contributed by atoms with Crippen molar-refractivity contribution in [2.45, 2.75) is 63.0 Å². The first kappa shape index (κ1) is 30.0. The Hall–Kier alpha value is -1.03.